The molecule has 0 aromatic carbocycles. The van der Waals surface area contributed by atoms with Gasteiger partial charge in [-0.1, -0.05) is 0 Å². The molecule has 0 aliphatic heterocycles. The van der Waals surface area contributed by atoms with Crippen LogP contribution in [0.4, 0.5) is 0 Å². The van der Waals surface area contributed by atoms with Crippen LogP contribution in [-0.2, 0) is 11.2 Å². The van der Waals surface area contributed by atoms with Crippen molar-refractivity contribution < 1.29 is 9.21 Å². The van der Waals surface area contributed by atoms with Gasteiger partial charge in [-0.05, 0) is 23.7 Å². The summed E-state index contributed by atoms with van der Waals surface area (Å²) in [6.07, 6.45) is 1.89. The number of carbonyl (C=O) groups excluding carboxylic acids is 1. The van der Waals surface area contributed by atoms with Crippen LogP contribution < -0.4 is 5.73 Å². The van der Waals surface area contributed by atoms with Crippen LogP contribution in [0.3, 0.4) is 0 Å². The average Bonchev–Trinajstić information content (AvgIpc) is 2.39. The molecule has 1 aromatic rings. The van der Waals surface area contributed by atoms with Crippen LogP contribution in [0, 0.1) is 0 Å². The molecule has 0 spiro atoms. The van der Waals surface area contributed by atoms with Gasteiger partial charge in [0.1, 0.15) is 5.76 Å². The van der Waals surface area contributed by atoms with Gasteiger partial charge in [-0.3, -0.25) is 4.79 Å². The normalized spacial score (nSPS) is 11.8. The first-order chi connectivity index (χ1) is 5.20. The van der Waals surface area contributed by atoms with Crippen molar-refractivity contribution in [2.75, 3.05) is 0 Å². The summed E-state index contributed by atoms with van der Waals surface area (Å²) in [6, 6.07) is 2.82. The Morgan fingerprint density at radius 2 is 2.42 bits per heavy atom. The third-order valence-electron chi connectivity index (χ3n) is 1.29. The Kier molecular flexibility index (Phi) is 4.97. The van der Waals surface area contributed by atoms with Crippen molar-refractivity contribution in [2.45, 2.75) is 12.5 Å². The van der Waals surface area contributed by atoms with E-state index in [2.05, 4.69) is 0 Å². The second kappa shape index (κ2) is 5.19. The number of furan rings is 1. The Morgan fingerprint density at radius 3 is 2.83 bits per heavy atom. The van der Waals surface area contributed by atoms with Crippen LogP contribution >= 0.6 is 24.0 Å². The van der Waals surface area contributed by atoms with Crippen molar-refractivity contribution in [1.29, 1.82) is 0 Å². The molecule has 0 saturated carbocycles. The van der Waals surface area contributed by atoms with Crippen molar-refractivity contribution in [2.24, 2.45) is 5.73 Å². The third-order valence-corrected chi connectivity index (χ3v) is 1.57. The minimum absolute atomic E-state index is 0. The molecule has 1 aromatic heterocycles. The molecular weight excluding hydrogens is 201 g/mol. The van der Waals surface area contributed by atoms with E-state index in [1.54, 1.807) is 12.1 Å². The van der Waals surface area contributed by atoms with Gasteiger partial charge in [-0.25, -0.2) is 0 Å². The Morgan fingerprint density at radius 1 is 1.75 bits per heavy atom. The largest absolute Gasteiger partial charge is 0.469 e. The Bertz CT molecular complexity index is 236. The van der Waals surface area contributed by atoms with E-state index in [0.717, 1.165) is 0 Å². The minimum Gasteiger partial charge on any atom is -0.469 e. The lowest BCUT2D eigenvalue weighted by Crippen LogP contribution is -2.28. The highest BCUT2D eigenvalue weighted by molar-refractivity contribution is 6.64. The van der Waals surface area contributed by atoms with Gasteiger partial charge in [0, 0.05) is 6.42 Å². The lowest BCUT2D eigenvalue weighted by molar-refractivity contribution is -0.112. The van der Waals surface area contributed by atoms with Gasteiger partial charge in [-0.15, -0.1) is 12.4 Å². The fourth-order valence-electron chi connectivity index (χ4n) is 0.726. The van der Waals surface area contributed by atoms with Crippen LogP contribution in [0.2, 0.25) is 0 Å². The van der Waals surface area contributed by atoms with Gasteiger partial charge >= 0.3 is 0 Å². The second-order valence-electron chi connectivity index (χ2n) is 2.19. The summed E-state index contributed by atoms with van der Waals surface area (Å²) in [5, 5.41) is -0.540. The van der Waals surface area contributed by atoms with E-state index in [4.69, 9.17) is 21.8 Å². The number of hydrogen-bond donors (Lipinski definition) is 1. The molecule has 3 nitrogen and oxygen atoms in total. The lowest BCUT2D eigenvalue weighted by atomic mass is 10.2. The van der Waals surface area contributed by atoms with Gasteiger partial charge in [0.25, 0.3) is 0 Å². The predicted octanol–water partition coefficient (Wildman–Crippen LogP) is 1.34. The summed E-state index contributed by atoms with van der Waals surface area (Å²) in [6.45, 7) is 0. The van der Waals surface area contributed by atoms with E-state index in [0.29, 0.717) is 12.2 Å². The van der Waals surface area contributed by atoms with Crippen molar-refractivity contribution >= 4 is 29.3 Å². The molecule has 2 N–H and O–H groups in total. The van der Waals surface area contributed by atoms with E-state index in [9.17, 15) is 4.79 Å². The molecule has 5 heteroatoms. The Balaban J connectivity index is 0.00000121. The zero-order valence-electron chi connectivity index (χ0n) is 6.20. The summed E-state index contributed by atoms with van der Waals surface area (Å²) in [4.78, 5) is 10.5. The first-order valence-electron chi connectivity index (χ1n) is 3.17. The van der Waals surface area contributed by atoms with Gasteiger partial charge in [-0.2, -0.15) is 0 Å². The minimum atomic E-state index is -0.664. The number of nitrogens with two attached hydrogens (primary N) is 1. The Labute approximate surface area is 81.3 Å². The van der Waals surface area contributed by atoms with E-state index < -0.39 is 11.3 Å². The zero-order chi connectivity index (χ0) is 8.27. The molecule has 1 unspecified atom stereocenters. The molecule has 1 rings (SSSR count). The standard InChI is InChI=1S/C7H8ClNO2.ClH/c8-7(10)6(9)4-5-2-1-3-11-5;/h1-3,6H,4,9H2;1H. The van der Waals surface area contributed by atoms with Gasteiger partial charge in [0.05, 0.1) is 12.3 Å². The molecule has 0 fully saturated rings. The van der Waals surface area contributed by atoms with E-state index in [-0.39, 0.29) is 12.4 Å². The van der Waals surface area contributed by atoms with E-state index >= 15 is 0 Å². The maximum absolute atomic E-state index is 10.5. The molecule has 0 bridgehead atoms. The summed E-state index contributed by atoms with van der Waals surface area (Å²) in [5.41, 5.74) is 5.37. The van der Waals surface area contributed by atoms with Crippen LogP contribution in [0.1, 0.15) is 5.76 Å². The highest BCUT2D eigenvalue weighted by Crippen LogP contribution is 2.04. The van der Waals surface area contributed by atoms with E-state index in [1.165, 1.54) is 6.26 Å². The third kappa shape index (κ3) is 3.26. The maximum atomic E-state index is 10.5. The molecule has 12 heavy (non-hydrogen) atoms. The van der Waals surface area contributed by atoms with Crippen LogP contribution in [0.5, 0.6) is 0 Å². The first kappa shape index (κ1) is 11.5. The number of halogens is 2. The highest BCUT2D eigenvalue weighted by Gasteiger charge is 2.11. The molecule has 0 radical (unpaired) electrons. The molecule has 0 amide bonds. The topological polar surface area (TPSA) is 56.2 Å². The maximum Gasteiger partial charge on any atom is 0.238 e. The molecule has 0 aliphatic rings. The molecule has 68 valence electrons. The lowest BCUT2D eigenvalue weighted by Gasteiger charge is -2.01. The SMILES string of the molecule is Cl.NC(Cc1ccco1)C(=O)Cl. The van der Waals surface area contributed by atoms with Crippen molar-refractivity contribution in [3.05, 3.63) is 24.2 Å². The number of hydrogen-bond acceptors (Lipinski definition) is 3. The summed E-state index contributed by atoms with van der Waals surface area (Å²) < 4.78 is 4.96. The van der Waals surface area contributed by atoms with Crippen LogP contribution in [0.25, 0.3) is 0 Å². The highest BCUT2D eigenvalue weighted by atomic mass is 35.5. The fraction of sp³-hybridized carbons (Fsp3) is 0.286. The molecule has 1 atom stereocenters. The van der Waals surface area contributed by atoms with Gasteiger partial charge in [0.2, 0.25) is 5.24 Å². The smallest absolute Gasteiger partial charge is 0.238 e. The van der Waals surface area contributed by atoms with Crippen molar-refractivity contribution in [3.63, 3.8) is 0 Å². The van der Waals surface area contributed by atoms with Crippen molar-refractivity contribution in [1.82, 2.24) is 0 Å². The fourth-order valence-corrected chi connectivity index (χ4v) is 0.803. The summed E-state index contributed by atoms with van der Waals surface area (Å²) in [7, 11) is 0. The predicted molar refractivity (Wildman–Crippen MR) is 48.5 cm³/mol. The average molecular weight is 210 g/mol. The summed E-state index contributed by atoms with van der Waals surface area (Å²) >= 11 is 5.14. The molecule has 0 saturated heterocycles. The van der Waals surface area contributed by atoms with Crippen LogP contribution in [-0.4, -0.2) is 11.3 Å². The van der Waals surface area contributed by atoms with Crippen LogP contribution in [0.15, 0.2) is 22.8 Å². The quantitative estimate of drug-likeness (QED) is 0.765. The first-order valence-corrected chi connectivity index (χ1v) is 3.55. The summed E-state index contributed by atoms with van der Waals surface area (Å²) in [5.74, 6) is 0.673. The monoisotopic (exact) mass is 209 g/mol. The number of rotatable bonds is 3. The second-order valence-corrected chi connectivity index (χ2v) is 2.57. The molecule has 1 heterocycles. The van der Waals surface area contributed by atoms with Crippen molar-refractivity contribution in [3.8, 4) is 0 Å². The van der Waals surface area contributed by atoms with E-state index in [1.807, 2.05) is 0 Å². The molecular formula is C7H9Cl2NO2. The zero-order valence-corrected chi connectivity index (χ0v) is 7.77. The Hall–Kier alpha value is -0.510. The molecule has 0 aliphatic carbocycles. The van der Waals surface area contributed by atoms with Gasteiger partial charge < -0.3 is 10.2 Å². The van der Waals surface area contributed by atoms with Gasteiger partial charge in [0.15, 0.2) is 0 Å². The number of carbonyl (C=O) groups is 1.